The van der Waals surface area contributed by atoms with Crippen LogP contribution in [0.25, 0.3) is 11.4 Å². The second-order valence-corrected chi connectivity index (χ2v) is 3.67. The SMILES string of the molecule is Cc1cccc(-c2nc(=S)nc(N)[nH]2)c1F. The molecule has 0 aliphatic heterocycles. The molecule has 0 aliphatic carbocycles. The molecule has 0 spiro atoms. The van der Waals surface area contributed by atoms with Gasteiger partial charge >= 0.3 is 0 Å². The third kappa shape index (κ3) is 1.92. The van der Waals surface area contributed by atoms with Crippen molar-refractivity contribution in [2.75, 3.05) is 5.73 Å². The molecule has 0 saturated heterocycles. The van der Waals surface area contributed by atoms with Crippen LogP contribution in [-0.4, -0.2) is 15.0 Å². The maximum absolute atomic E-state index is 13.8. The number of benzene rings is 1. The molecule has 1 aromatic heterocycles. The number of H-pyrrole nitrogens is 1. The minimum Gasteiger partial charge on any atom is -0.369 e. The molecule has 3 N–H and O–H groups in total. The molecule has 1 aromatic carbocycles. The molecule has 0 atom stereocenters. The van der Waals surface area contributed by atoms with Gasteiger partial charge in [-0.2, -0.15) is 4.98 Å². The van der Waals surface area contributed by atoms with E-state index in [0.29, 0.717) is 17.0 Å². The van der Waals surface area contributed by atoms with Gasteiger partial charge in [0.15, 0.2) is 0 Å². The number of hydrogen-bond acceptors (Lipinski definition) is 4. The molecule has 0 unspecified atom stereocenters. The van der Waals surface area contributed by atoms with Crippen molar-refractivity contribution in [3.05, 3.63) is 34.4 Å². The Hall–Kier alpha value is -1.82. The summed E-state index contributed by atoms with van der Waals surface area (Å²) in [5.41, 5.74) is 6.36. The zero-order chi connectivity index (χ0) is 11.7. The molecule has 0 fully saturated rings. The predicted molar refractivity (Wildman–Crippen MR) is 61.8 cm³/mol. The summed E-state index contributed by atoms with van der Waals surface area (Å²) in [5, 5.41) is 0. The number of halogens is 1. The zero-order valence-corrected chi connectivity index (χ0v) is 9.31. The van der Waals surface area contributed by atoms with Crippen molar-refractivity contribution < 1.29 is 4.39 Å². The number of nitrogens with zero attached hydrogens (tertiary/aromatic N) is 2. The monoisotopic (exact) mass is 236 g/mol. The molecular formula is C10H9FN4S. The van der Waals surface area contributed by atoms with Crippen LogP contribution in [0.3, 0.4) is 0 Å². The van der Waals surface area contributed by atoms with Crippen LogP contribution in [0.5, 0.6) is 0 Å². The van der Waals surface area contributed by atoms with Crippen LogP contribution in [0.1, 0.15) is 5.56 Å². The first-order valence-electron chi connectivity index (χ1n) is 4.57. The quantitative estimate of drug-likeness (QED) is 0.745. The summed E-state index contributed by atoms with van der Waals surface area (Å²) in [6, 6.07) is 5.02. The van der Waals surface area contributed by atoms with Crippen LogP contribution in [0.4, 0.5) is 10.3 Å². The Morgan fingerprint density at radius 1 is 1.38 bits per heavy atom. The average Bonchev–Trinajstić information content (AvgIpc) is 2.20. The van der Waals surface area contributed by atoms with E-state index in [1.807, 2.05) is 0 Å². The Labute approximate surface area is 96.4 Å². The number of aryl methyl sites for hydroxylation is 1. The van der Waals surface area contributed by atoms with Crippen molar-refractivity contribution in [3.8, 4) is 11.4 Å². The molecule has 2 aromatic rings. The van der Waals surface area contributed by atoms with E-state index in [0.717, 1.165) is 0 Å². The maximum atomic E-state index is 13.8. The Bertz CT molecular complexity index is 594. The van der Waals surface area contributed by atoms with E-state index >= 15 is 0 Å². The molecule has 0 bridgehead atoms. The standard InChI is InChI=1S/C10H9FN4S/c1-5-3-2-4-6(7(5)11)8-13-9(12)15-10(16)14-8/h2-4H,1H3,(H3,12,13,14,15,16). The van der Waals surface area contributed by atoms with Crippen LogP contribution in [0.2, 0.25) is 0 Å². The predicted octanol–water partition coefficient (Wildman–Crippen LogP) is 2.23. The summed E-state index contributed by atoms with van der Waals surface area (Å²) in [7, 11) is 0. The van der Waals surface area contributed by atoms with Crippen LogP contribution < -0.4 is 5.73 Å². The van der Waals surface area contributed by atoms with Crippen molar-refractivity contribution in [2.24, 2.45) is 0 Å². The van der Waals surface area contributed by atoms with E-state index in [1.54, 1.807) is 25.1 Å². The number of nitrogens with two attached hydrogens (primary N) is 1. The second kappa shape index (κ2) is 3.97. The third-order valence-electron chi connectivity index (χ3n) is 2.12. The lowest BCUT2D eigenvalue weighted by Crippen LogP contribution is -2.01. The van der Waals surface area contributed by atoms with Crippen molar-refractivity contribution >= 4 is 18.2 Å². The minimum absolute atomic E-state index is 0.0900. The van der Waals surface area contributed by atoms with E-state index in [4.69, 9.17) is 18.0 Å². The second-order valence-electron chi connectivity index (χ2n) is 3.30. The number of nitrogen functional groups attached to an aromatic ring is 1. The van der Waals surface area contributed by atoms with Gasteiger partial charge in [-0.05, 0) is 30.8 Å². The van der Waals surface area contributed by atoms with Gasteiger partial charge in [0.1, 0.15) is 11.6 Å². The van der Waals surface area contributed by atoms with Crippen LogP contribution in [-0.2, 0) is 0 Å². The first-order chi connectivity index (χ1) is 7.58. The number of hydrogen-bond donors (Lipinski definition) is 2. The van der Waals surface area contributed by atoms with E-state index < -0.39 is 0 Å². The molecule has 0 amide bonds. The van der Waals surface area contributed by atoms with Crippen LogP contribution >= 0.6 is 12.2 Å². The van der Waals surface area contributed by atoms with Gasteiger partial charge in [0.05, 0.1) is 5.56 Å². The summed E-state index contributed by atoms with van der Waals surface area (Å²) in [5.74, 6) is 0.0702. The minimum atomic E-state index is -0.341. The van der Waals surface area contributed by atoms with Gasteiger partial charge in [-0.1, -0.05) is 12.1 Å². The molecule has 0 radical (unpaired) electrons. The zero-order valence-electron chi connectivity index (χ0n) is 8.49. The highest BCUT2D eigenvalue weighted by atomic mass is 32.1. The van der Waals surface area contributed by atoms with Gasteiger partial charge in [-0.3, -0.25) is 0 Å². The molecule has 1 heterocycles. The molecule has 0 aliphatic rings. The summed E-state index contributed by atoms with van der Waals surface area (Å²) < 4.78 is 13.9. The highest BCUT2D eigenvalue weighted by molar-refractivity contribution is 7.71. The van der Waals surface area contributed by atoms with E-state index in [9.17, 15) is 4.39 Å². The topological polar surface area (TPSA) is 67.6 Å². The van der Waals surface area contributed by atoms with Crippen molar-refractivity contribution in [2.45, 2.75) is 6.92 Å². The number of nitrogens with one attached hydrogen (secondary N) is 1. The average molecular weight is 236 g/mol. The highest BCUT2D eigenvalue weighted by Crippen LogP contribution is 2.21. The number of anilines is 1. The molecule has 16 heavy (non-hydrogen) atoms. The van der Waals surface area contributed by atoms with Crippen molar-refractivity contribution in [1.29, 1.82) is 0 Å². The molecule has 4 nitrogen and oxygen atoms in total. The summed E-state index contributed by atoms with van der Waals surface area (Å²) in [4.78, 5) is 10.3. The van der Waals surface area contributed by atoms with Gasteiger partial charge in [-0.15, -0.1) is 0 Å². The van der Waals surface area contributed by atoms with Gasteiger partial charge in [-0.25, -0.2) is 9.37 Å². The highest BCUT2D eigenvalue weighted by Gasteiger charge is 2.09. The fourth-order valence-corrected chi connectivity index (χ4v) is 1.55. The number of aromatic amines is 1. The molecule has 82 valence electrons. The summed E-state index contributed by atoms with van der Waals surface area (Å²) >= 11 is 4.82. The first-order valence-corrected chi connectivity index (χ1v) is 4.98. The third-order valence-corrected chi connectivity index (χ3v) is 2.30. The fourth-order valence-electron chi connectivity index (χ4n) is 1.36. The fraction of sp³-hybridized carbons (Fsp3) is 0.100. The van der Waals surface area contributed by atoms with Crippen LogP contribution in [0, 0.1) is 17.5 Å². The Balaban J connectivity index is 2.67. The lowest BCUT2D eigenvalue weighted by Gasteiger charge is -2.05. The van der Waals surface area contributed by atoms with Gasteiger partial charge in [0.2, 0.25) is 10.7 Å². The van der Waals surface area contributed by atoms with Crippen LogP contribution in [0.15, 0.2) is 18.2 Å². The van der Waals surface area contributed by atoms with Gasteiger partial charge in [0, 0.05) is 0 Å². The Morgan fingerprint density at radius 3 is 2.81 bits per heavy atom. The Morgan fingerprint density at radius 2 is 2.12 bits per heavy atom. The van der Waals surface area contributed by atoms with Gasteiger partial charge < -0.3 is 10.7 Å². The van der Waals surface area contributed by atoms with E-state index in [2.05, 4.69) is 15.0 Å². The number of aromatic nitrogens is 3. The van der Waals surface area contributed by atoms with E-state index in [-0.39, 0.29) is 16.5 Å². The molecular weight excluding hydrogens is 227 g/mol. The van der Waals surface area contributed by atoms with E-state index in [1.165, 1.54) is 0 Å². The maximum Gasteiger partial charge on any atom is 0.224 e. The normalized spacial score (nSPS) is 10.4. The molecule has 0 saturated carbocycles. The molecule has 6 heteroatoms. The lowest BCUT2D eigenvalue weighted by molar-refractivity contribution is 0.620. The largest absolute Gasteiger partial charge is 0.369 e. The smallest absolute Gasteiger partial charge is 0.224 e. The lowest BCUT2D eigenvalue weighted by atomic mass is 10.1. The van der Waals surface area contributed by atoms with Gasteiger partial charge in [0.25, 0.3) is 0 Å². The van der Waals surface area contributed by atoms with Crippen molar-refractivity contribution in [3.63, 3.8) is 0 Å². The Kier molecular flexibility index (Phi) is 2.66. The summed E-state index contributed by atoms with van der Waals surface area (Å²) in [6.07, 6.45) is 0. The summed E-state index contributed by atoms with van der Waals surface area (Å²) in [6.45, 7) is 1.68. The first kappa shape index (κ1) is 10.7. The van der Waals surface area contributed by atoms with Crippen molar-refractivity contribution in [1.82, 2.24) is 15.0 Å². The number of rotatable bonds is 1. The molecule has 2 rings (SSSR count).